The Morgan fingerprint density at radius 3 is 1.88 bits per heavy atom. The maximum Gasteiger partial charge on any atom is 0.172 e. The van der Waals surface area contributed by atoms with E-state index in [1.54, 1.807) is 0 Å². The summed E-state index contributed by atoms with van der Waals surface area (Å²) in [5.74, 6) is -0.157. The van der Waals surface area contributed by atoms with Gasteiger partial charge < -0.3 is 0 Å². The zero-order valence-corrected chi connectivity index (χ0v) is 7.97. The largest absolute Gasteiger partial charge is 0.293 e. The average molecular weight is 262 g/mol. The van der Waals surface area contributed by atoms with E-state index in [-0.39, 0.29) is 10.8 Å². The van der Waals surface area contributed by atoms with Crippen LogP contribution in [0.25, 0.3) is 0 Å². The van der Waals surface area contributed by atoms with Crippen LogP contribution in [0, 0.1) is 0 Å². The van der Waals surface area contributed by atoms with Crippen molar-refractivity contribution in [2.24, 2.45) is 0 Å². The highest BCUT2D eigenvalue weighted by Gasteiger charge is 2.01. The molecule has 1 nitrogen and oxygen atoms in total. The highest BCUT2D eigenvalue weighted by molar-refractivity contribution is 9.28. The molecule has 0 amide bonds. The quantitative estimate of drug-likeness (QED) is 0.664. The van der Waals surface area contributed by atoms with Gasteiger partial charge in [0.15, 0.2) is 5.78 Å². The van der Waals surface area contributed by atoms with Crippen molar-refractivity contribution in [2.45, 2.75) is 6.92 Å². The van der Waals surface area contributed by atoms with E-state index < -0.39 is 0 Å². The van der Waals surface area contributed by atoms with E-state index in [2.05, 4.69) is 31.9 Å². The fraction of sp³-hybridized carbons (Fsp3) is 0.250. The van der Waals surface area contributed by atoms with Gasteiger partial charge in [-0.1, -0.05) is 11.6 Å². The van der Waals surface area contributed by atoms with E-state index in [4.69, 9.17) is 11.6 Å². The molecule has 0 aliphatic rings. The summed E-state index contributed by atoms with van der Waals surface area (Å²) < 4.78 is 0.499. The highest BCUT2D eigenvalue weighted by atomic mass is 79.9. The Bertz CT molecular complexity index is 137. The lowest BCUT2D eigenvalue weighted by Crippen LogP contribution is -1.87. The zero-order valence-electron chi connectivity index (χ0n) is 4.04. The van der Waals surface area contributed by atoms with Gasteiger partial charge in [-0.25, -0.2) is 0 Å². The first-order valence-corrected chi connectivity index (χ1v) is 3.74. The molecule has 0 unspecified atom stereocenters. The molecule has 0 aromatic heterocycles. The van der Waals surface area contributed by atoms with Gasteiger partial charge in [-0.2, -0.15) is 0 Å². The fourth-order valence-electron chi connectivity index (χ4n) is 0.133. The fourth-order valence-corrected chi connectivity index (χ4v) is 0.691. The average Bonchev–Trinajstić information content (AvgIpc) is 1.64. The molecule has 0 saturated heterocycles. The second kappa shape index (κ2) is 3.64. The van der Waals surface area contributed by atoms with Crippen molar-refractivity contribution in [1.29, 1.82) is 0 Å². The maximum atomic E-state index is 10.3. The van der Waals surface area contributed by atoms with Crippen LogP contribution in [0.3, 0.4) is 0 Å². The first-order valence-electron chi connectivity index (χ1n) is 1.77. The molecule has 0 bridgehead atoms. The van der Waals surface area contributed by atoms with Crippen molar-refractivity contribution >= 4 is 49.2 Å². The van der Waals surface area contributed by atoms with Gasteiger partial charge in [-0.3, -0.25) is 4.79 Å². The SMILES string of the molecule is CC(=O)C(Cl)=C(Br)Br. The summed E-state index contributed by atoms with van der Waals surface area (Å²) in [6.45, 7) is 1.39. The molecule has 0 aliphatic heterocycles. The van der Waals surface area contributed by atoms with Crippen LogP contribution in [0.15, 0.2) is 8.42 Å². The molecule has 0 aliphatic carbocycles. The Morgan fingerprint density at radius 1 is 1.50 bits per heavy atom. The third-order valence-electron chi connectivity index (χ3n) is 0.475. The van der Waals surface area contributed by atoms with Gasteiger partial charge in [0.05, 0.1) is 3.39 Å². The monoisotopic (exact) mass is 260 g/mol. The van der Waals surface area contributed by atoms with Crippen LogP contribution in [0.1, 0.15) is 6.92 Å². The Balaban J connectivity index is 4.23. The van der Waals surface area contributed by atoms with E-state index in [9.17, 15) is 4.79 Å². The van der Waals surface area contributed by atoms with Crippen LogP contribution in [-0.2, 0) is 4.79 Å². The van der Waals surface area contributed by atoms with E-state index >= 15 is 0 Å². The van der Waals surface area contributed by atoms with Gasteiger partial charge in [-0.05, 0) is 31.9 Å². The summed E-state index contributed by atoms with van der Waals surface area (Å²) in [6.07, 6.45) is 0. The molecule has 0 spiro atoms. The van der Waals surface area contributed by atoms with Gasteiger partial charge >= 0.3 is 0 Å². The number of allylic oxidation sites excluding steroid dienone is 1. The van der Waals surface area contributed by atoms with Crippen molar-refractivity contribution in [2.75, 3.05) is 0 Å². The maximum absolute atomic E-state index is 10.3. The first-order chi connectivity index (χ1) is 3.55. The molecule has 0 heterocycles. The predicted molar refractivity (Wildman–Crippen MR) is 41.4 cm³/mol. The molecule has 0 radical (unpaired) electrons. The van der Waals surface area contributed by atoms with Crippen molar-refractivity contribution in [3.8, 4) is 0 Å². The molecule has 8 heavy (non-hydrogen) atoms. The summed E-state index contributed by atoms with van der Waals surface area (Å²) in [5, 5.41) is 0.185. The lowest BCUT2D eigenvalue weighted by atomic mass is 10.4. The highest BCUT2D eigenvalue weighted by Crippen LogP contribution is 2.22. The van der Waals surface area contributed by atoms with Gasteiger partial charge in [0.2, 0.25) is 0 Å². The number of carbonyl (C=O) groups is 1. The molecular weight excluding hydrogens is 259 g/mol. The number of rotatable bonds is 1. The van der Waals surface area contributed by atoms with Crippen molar-refractivity contribution in [1.82, 2.24) is 0 Å². The molecular formula is C4H3Br2ClO. The number of hydrogen-bond donors (Lipinski definition) is 0. The second-order valence-corrected chi connectivity index (χ2v) is 4.16. The third kappa shape index (κ3) is 2.84. The van der Waals surface area contributed by atoms with Crippen LogP contribution in [0.4, 0.5) is 0 Å². The first kappa shape index (κ1) is 8.66. The smallest absolute Gasteiger partial charge is 0.172 e. The predicted octanol–water partition coefficient (Wildman–Crippen LogP) is 2.77. The van der Waals surface area contributed by atoms with E-state index in [0.717, 1.165) is 0 Å². The van der Waals surface area contributed by atoms with Crippen molar-refractivity contribution < 1.29 is 4.79 Å². The molecule has 0 atom stereocenters. The summed E-state index contributed by atoms with van der Waals surface area (Å²) in [6, 6.07) is 0. The number of hydrogen-bond acceptors (Lipinski definition) is 1. The molecule has 0 saturated carbocycles. The Kier molecular flexibility index (Phi) is 3.94. The minimum Gasteiger partial charge on any atom is -0.293 e. The Morgan fingerprint density at radius 2 is 1.88 bits per heavy atom. The topological polar surface area (TPSA) is 17.1 Å². The van der Waals surface area contributed by atoms with Crippen LogP contribution < -0.4 is 0 Å². The van der Waals surface area contributed by atoms with Gasteiger partial charge in [0, 0.05) is 6.92 Å². The van der Waals surface area contributed by atoms with Crippen LogP contribution in [-0.4, -0.2) is 5.78 Å². The molecule has 0 rings (SSSR count). The standard InChI is InChI=1S/C4H3Br2ClO/c1-2(8)3(7)4(5)6/h1H3. The van der Waals surface area contributed by atoms with Crippen molar-refractivity contribution in [3.05, 3.63) is 8.42 Å². The molecule has 0 aromatic rings. The molecule has 4 heteroatoms. The number of Topliss-reactive ketones (excluding diaryl/α,β-unsaturated/α-hetero) is 1. The number of ketones is 1. The normalized spacial score (nSPS) is 8.50. The van der Waals surface area contributed by atoms with E-state index in [1.165, 1.54) is 6.92 Å². The minimum absolute atomic E-state index is 0.157. The van der Waals surface area contributed by atoms with Gasteiger partial charge in [0.1, 0.15) is 5.03 Å². The Hall–Kier alpha value is 0.660. The summed E-state index contributed by atoms with van der Waals surface area (Å²) >= 11 is 11.4. The van der Waals surface area contributed by atoms with Crippen molar-refractivity contribution in [3.63, 3.8) is 0 Å². The summed E-state index contributed by atoms with van der Waals surface area (Å²) in [5.41, 5.74) is 0. The van der Waals surface area contributed by atoms with E-state index in [0.29, 0.717) is 3.39 Å². The third-order valence-corrected chi connectivity index (χ3v) is 2.18. The molecule has 0 aromatic carbocycles. The lowest BCUT2D eigenvalue weighted by Gasteiger charge is -1.87. The second-order valence-electron chi connectivity index (χ2n) is 1.13. The van der Waals surface area contributed by atoms with Gasteiger partial charge in [0.25, 0.3) is 0 Å². The lowest BCUT2D eigenvalue weighted by molar-refractivity contribution is -0.113. The number of carbonyl (C=O) groups excluding carboxylic acids is 1. The molecule has 0 N–H and O–H groups in total. The zero-order chi connectivity index (χ0) is 6.73. The molecule has 0 fully saturated rings. The summed E-state index contributed by atoms with van der Waals surface area (Å²) in [7, 11) is 0. The van der Waals surface area contributed by atoms with Crippen LogP contribution in [0.2, 0.25) is 0 Å². The minimum atomic E-state index is -0.157. The van der Waals surface area contributed by atoms with Crippen LogP contribution >= 0.6 is 43.5 Å². The molecule has 46 valence electrons. The Labute approximate surface area is 69.3 Å². The number of halogens is 3. The van der Waals surface area contributed by atoms with Crippen LogP contribution in [0.5, 0.6) is 0 Å². The van der Waals surface area contributed by atoms with Gasteiger partial charge in [-0.15, -0.1) is 0 Å². The van der Waals surface area contributed by atoms with E-state index in [1.807, 2.05) is 0 Å². The summed E-state index contributed by atoms with van der Waals surface area (Å²) in [4.78, 5) is 10.3.